The molecule has 1 saturated carbocycles. The lowest BCUT2D eigenvalue weighted by molar-refractivity contribution is -0.141. The quantitative estimate of drug-likeness (QED) is 0.320. The van der Waals surface area contributed by atoms with Gasteiger partial charge in [0.25, 0.3) is 11.5 Å². The average molecular weight is 596 g/mol. The molecule has 1 aliphatic carbocycles. The standard InChI is InChI=1S/C27H30F5N7O3/c28-18(9-11-38-12-10-20(24(29)26(38)42)35-23(40)13-17-5-2-1-3-6-17)15-39-16-21(36-37-39)25(41)33-14-19-7-4-8-22(34-19)27(30,31)32/h4,7-8,10,12,16-18H,1-3,5-6,9,11,13-15H2,(H,33,41)(H,35,40). The first kappa shape index (κ1) is 30.8. The molecular weight excluding hydrogens is 565 g/mol. The van der Waals surface area contributed by atoms with Crippen molar-refractivity contribution in [2.75, 3.05) is 5.32 Å². The van der Waals surface area contributed by atoms with Crippen LogP contribution in [0.1, 0.15) is 66.8 Å². The van der Waals surface area contributed by atoms with E-state index in [0.717, 1.165) is 53.6 Å². The van der Waals surface area contributed by atoms with Crippen molar-refractivity contribution in [2.45, 2.75) is 76.9 Å². The zero-order valence-electron chi connectivity index (χ0n) is 22.5. The Labute approximate surface area is 237 Å². The summed E-state index contributed by atoms with van der Waals surface area (Å²) in [6.07, 6.45) is 1.55. The molecule has 3 aromatic rings. The van der Waals surface area contributed by atoms with Crippen LogP contribution in [0.2, 0.25) is 0 Å². The second-order valence-corrected chi connectivity index (χ2v) is 10.2. The van der Waals surface area contributed by atoms with E-state index in [1.165, 1.54) is 24.4 Å². The summed E-state index contributed by atoms with van der Waals surface area (Å²) in [5.41, 5.74) is -2.50. The third-order valence-corrected chi connectivity index (χ3v) is 6.95. The molecule has 3 heterocycles. The Balaban J connectivity index is 1.25. The summed E-state index contributed by atoms with van der Waals surface area (Å²) < 4.78 is 69.8. The number of hydrogen-bond acceptors (Lipinski definition) is 6. The number of anilines is 1. The van der Waals surface area contributed by atoms with Gasteiger partial charge in [-0.3, -0.25) is 14.4 Å². The number of aryl methyl sites for hydroxylation is 1. The van der Waals surface area contributed by atoms with Gasteiger partial charge in [-0.1, -0.05) is 30.5 Å². The third-order valence-electron chi connectivity index (χ3n) is 6.95. The van der Waals surface area contributed by atoms with E-state index in [1.807, 2.05) is 0 Å². The van der Waals surface area contributed by atoms with Crippen molar-refractivity contribution in [3.05, 3.63) is 69.9 Å². The lowest BCUT2D eigenvalue weighted by Crippen LogP contribution is -2.27. The molecular formula is C27H30F5N7O3. The summed E-state index contributed by atoms with van der Waals surface area (Å²) in [6.45, 7) is -0.767. The van der Waals surface area contributed by atoms with Gasteiger partial charge in [-0.2, -0.15) is 17.6 Å². The average Bonchev–Trinajstić information content (AvgIpc) is 3.42. The SMILES string of the molecule is O=C(CC1CCCCC1)Nc1ccn(CCC(F)Cn2cc(C(=O)NCc3cccc(C(F)(F)F)n3)nn2)c(=O)c1F. The van der Waals surface area contributed by atoms with Crippen molar-refractivity contribution < 1.29 is 31.5 Å². The minimum Gasteiger partial charge on any atom is -0.345 e. The molecule has 10 nitrogen and oxygen atoms in total. The van der Waals surface area contributed by atoms with Crippen LogP contribution in [0, 0.1) is 11.7 Å². The van der Waals surface area contributed by atoms with Gasteiger partial charge in [0.2, 0.25) is 11.7 Å². The molecule has 42 heavy (non-hydrogen) atoms. The number of alkyl halides is 4. The smallest absolute Gasteiger partial charge is 0.345 e. The molecule has 0 bridgehead atoms. The van der Waals surface area contributed by atoms with Gasteiger partial charge in [0.15, 0.2) is 5.69 Å². The van der Waals surface area contributed by atoms with Gasteiger partial charge >= 0.3 is 6.18 Å². The normalized spacial score (nSPS) is 14.9. The molecule has 0 aromatic carbocycles. The minimum atomic E-state index is -4.62. The molecule has 0 spiro atoms. The van der Waals surface area contributed by atoms with Crippen LogP contribution < -0.4 is 16.2 Å². The van der Waals surface area contributed by atoms with E-state index in [9.17, 15) is 36.3 Å². The number of pyridine rings is 2. The first-order chi connectivity index (χ1) is 20.0. The highest BCUT2D eigenvalue weighted by Crippen LogP contribution is 2.28. The highest BCUT2D eigenvalue weighted by atomic mass is 19.4. The first-order valence-electron chi connectivity index (χ1n) is 13.5. The first-order valence-corrected chi connectivity index (χ1v) is 13.5. The molecule has 4 rings (SSSR count). The van der Waals surface area contributed by atoms with Crippen LogP contribution in [0.5, 0.6) is 0 Å². The highest BCUT2D eigenvalue weighted by Gasteiger charge is 2.32. The van der Waals surface area contributed by atoms with Crippen LogP contribution in [0.4, 0.5) is 27.6 Å². The lowest BCUT2D eigenvalue weighted by Gasteiger charge is -2.20. The van der Waals surface area contributed by atoms with E-state index in [0.29, 0.717) is 0 Å². The molecule has 1 fully saturated rings. The van der Waals surface area contributed by atoms with E-state index >= 15 is 0 Å². The number of hydrogen-bond donors (Lipinski definition) is 2. The van der Waals surface area contributed by atoms with Crippen molar-refractivity contribution in [2.24, 2.45) is 5.92 Å². The van der Waals surface area contributed by atoms with E-state index < -0.39 is 35.3 Å². The van der Waals surface area contributed by atoms with E-state index in [4.69, 9.17) is 0 Å². The predicted molar refractivity (Wildman–Crippen MR) is 140 cm³/mol. The van der Waals surface area contributed by atoms with Crippen molar-refractivity contribution in [3.63, 3.8) is 0 Å². The van der Waals surface area contributed by atoms with Crippen LogP contribution in [0.25, 0.3) is 0 Å². The minimum absolute atomic E-state index is 0.0177. The van der Waals surface area contributed by atoms with Gasteiger partial charge in [0, 0.05) is 19.2 Å². The number of amides is 2. The Morgan fingerprint density at radius 1 is 1.12 bits per heavy atom. The lowest BCUT2D eigenvalue weighted by atomic mass is 9.87. The number of nitrogens with one attached hydrogen (secondary N) is 2. The van der Waals surface area contributed by atoms with Crippen LogP contribution >= 0.6 is 0 Å². The molecule has 0 aliphatic heterocycles. The van der Waals surface area contributed by atoms with Gasteiger partial charge < -0.3 is 15.2 Å². The molecule has 3 aromatic heterocycles. The van der Waals surface area contributed by atoms with E-state index in [2.05, 4.69) is 25.9 Å². The van der Waals surface area contributed by atoms with Crippen LogP contribution in [-0.2, 0) is 30.6 Å². The number of carbonyl (C=O) groups is 2. The molecule has 1 unspecified atom stereocenters. The molecule has 1 aliphatic rings. The largest absolute Gasteiger partial charge is 0.433 e. The Kier molecular flexibility index (Phi) is 10.0. The zero-order valence-corrected chi connectivity index (χ0v) is 22.5. The molecule has 0 saturated heterocycles. The fourth-order valence-corrected chi connectivity index (χ4v) is 4.74. The Hall–Kier alpha value is -4.17. The number of rotatable bonds is 11. The summed E-state index contributed by atoms with van der Waals surface area (Å²) in [5.74, 6) is -1.98. The van der Waals surface area contributed by atoms with Gasteiger partial charge in [-0.05, 0) is 43.4 Å². The van der Waals surface area contributed by atoms with E-state index in [1.54, 1.807) is 0 Å². The van der Waals surface area contributed by atoms with Crippen molar-refractivity contribution in [3.8, 4) is 0 Å². The van der Waals surface area contributed by atoms with Crippen molar-refractivity contribution in [1.82, 2.24) is 29.9 Å². The Bertz CT molecular complexity index is 1450. The maximum Gasteiger partial charge on any atom is 0.433 e. The van der Waals surface area contributed by atoms with Crippen LogP contribution in [-0.4, -0.2) is 42.5 Å². The van der Waals surface area contributed by atoms with Crippen molar-refractivity contribution >= 4 is 17.5 Å². The summed E-state index contributed by atoms with van der Waals surface area (Å²) in [6, 6.07) is 4.56. The topological polar surface area (TPSA) is 124 Å². The molecule has 2 N–H and O–H groups in total. The summed E-state index contributed by atoms with van der Waals surface area (Å²) in [5, 5.41) is 12.2. The fourth-order valence-electron chi connectivity index (χ4n) is 4.74. The highest BCUT2D eigenvalue weighted by molar-refractivity contribution is 5.92. The molecule has 15 heteroatoms. The van der Waals surface area contributed by atoms with Crippen LogP contribution in [0.3, 0.4) is 0 Å². The summed E-state index contributed by atoms with van der Waals surface area (Å²) in [7, 11) is 0. The van der Waals surface area contributed by atoms with E-state index in [-0.39, 0.29) is 61.4 Å². The number of carbonyl (C=O) groups excluding carboxylic acids is 2. The molecule has 0 radical (unpaired) electrons. The summed E-state index contributed by atoms with van der Waals surface area (Å²) in [4.78, 5) is 40.5. The number of halogens is 5. The predicted octanol–water partition coefficient (Wildman–Crippen LogP) is 4.26. The Morgan fingerprint density at radius 3 is 2.62 bits per heavy atom. The van der Waals surface area contributed by atoms with Gasteiger partial charge in [0.05, 0.1) is 30.7 Å². The fraction of sp³-hybridized carbons (Fsp3) is 0.481. The summed E-state index contributed by atoms with van der Waals surface area (Å²) >= 11 is 0. The van der Waals surface area contributed by atoms with Gasteiger partial charge in [-0.15, -0.1) is 5.10 Å². The van der Waals surface area contributed by atoms with Gasteiger partial charge in [-0.25, -0.2) is 14.1 Å². The maximum absolute atomic E-state index is 14.6. The molecule has 226 valence electrons. The zero-order chi connectivity index (χ0) is 30.3. The number of aromatic nitrogens is 5. The Morgan fingerprint density at radius 2 is 1.88 bits per heavy atom. The molecule has 2 amide bonds. The van der Waals surface area contributed by atoms with Crippen molar-refractivity contribution in [1.29, 1.82) is 0 Å². The second-order valence-electron chi connectivity index (χ2n) is 10.2. The van der Waals surface area contributed by atoms with Crippen LogP contribution in [0.15, 0.2) is 41.5 Å². The molecule has 1 atom stereocenters. The maximum atomic E-state index is 14.6. The third kappa shape index (κ3) is 8.42. The number of nitrogens with zero attached hydrogens (tertiary/aromatic N) is 5. The van der Waals surface area contributed by atoms with Gasteiger partial charge in [0.1, 0.15) is 11.9 Å². The second kappa shape index (κ2) is 13.7. The monoisotopic (exact) mass is 595 g/mol.